The molecule has 0 saturated carbocycles. The number of methoxy groups -OCH3 is 1. The van der Waals surface area contributed by atoms with Crippen LogP contribution >= 0.6 is 0 Å². The first-order valence-electron chi connectivity index (χ1n) is 11.5. The third-order valence-corrected chi connectivity index (χ3v) is 7.74. The number of nitrogens with one attached hydrogen (secondary N) is 2. The quantitative estimate of drug-likeness (QED) is 0.410. The molecule has 10 nitrogen and oxygen atoms in total. The molecular formula is C24H29N5O5S. The van der Waals surface area contributed by atoms with Gasteiger partial charge >= 0.3 is 0 Å². The zero-order valence-electron chi connectivity index (χ0n) is 19.6. The summed E-state index contributed by atoms with van der Waals surface area (Å²) in [6, 6.07) is 13.5. The van der Waals surface area contributed by atoms with Crippen LogP contribution in [0, 0.1) is 0 Å². The number of carbonyl (C=O) groups excluding carboxylic acids is 2. The van der Waals surface area contributed by atoms with Gasteiger partial charge in [0.15, 0.2) is 0 Å². The third-order valence-electron chi connectivity index (χ3n) is 5.82. The molecule has 0 atom stereocenters. The zero-order valence-corrected chi connectivity index (χ0v) is 20.4. The highest BCUT2D eigenvalue weighted by molar-refractivity contribution is 7.89. The van der Waals surface area contributed by atoms with Gasteiger partial charge in [-0.2, -0.15) is 4.31 Å². The Morgan fingerprint density at radius 2 is 1.74 bits per heavy atom. The van der Waals surface area contributed by atoms with Crippen molar-refractivity contribution in [2.75, 3.05) is 38.7 Å². The van der Waals surface area contributed by atoms with Gasteiger partial charge in [0, 0.05) is 32.4 Å². The maximum absolute atomic E-state index is 12.9. The minimum Gasteiger partial charge on any atom is -0.383 e. The van der Waals surface area contributed by atoms with Crippen LogP contribution in [0.3, 0.4) is 0 Å². The number of sulfonamides is 1. The largest absolute Gasteiger partial charge is 0.383 e. The predicted molar refractivity (Wildman–Crippen MR) is 131 cm³/mol. The molecule has 0 spiro atoms. The molecule has 186 valence electrons. The lowest BCUT2D eigenvalue weighted by Crippen LogP contribution is -2.30. The lowest BCUT2D eigenvalue weighted by molar-refractivity contribution is -0.121. The molecular weight excluding hydrogens is 470 g/mol. The topological polar surface area (TPSA) is 123 Å². The van der Waals surface area contributed by atoms with Gasteiger partial charge in [-0.3, -0.25) is 9.59 Å². The molecule has 11 heteroatoms. The van der Waals surface area contributed by atoms with Gasteiger partial charge in [-0.05, 0) is 49.2 Å². The van der Waals surface area contributed by atoms with E-state index in [0.717, 1.165) is 18.4 Å². The number of nitrogens with zero attached hydrogens (tertiary/aromatic N) is 3. The second-order valence-electron chi connectivity index (χ2n) is 8.31. The third kappa shape index (κ3) is 5.87. The minimum atomic E-state index is -3.51. The van der Waals surface area contributed by atoms with E-state index < -0.39 is 10.0 Å². The molecule has 2 heterocycles. The average molecular weight is 500 g/mol. The van der Waals surface area contributed by atoms with E-state index in [-0.39, 0.29) is 29.7 Å². The highest BCUT2D eigenvalue weighted by Crippen LogP contribution is 2.22. The fourth-order valence-corrected chi connectivity index (χ4v) is 5.58. The van der Waals surface area contributed by atoms with Crippen molar-refractivity contribution in [3.8, 4) is 0 Å². The van der Waals surface area contributed by atoms with Crippen molar-refractivity contribution in [3.05, 3.63) is 54.4 Å². The van der Waals surface area contributed by atoms with E-state index in [4.69, 9.17) is 4.74 Å². The number of carbonyl (C=O) groups is 2. The van der Waals surface area contributed by atoms with Crippen molar-refractivity contribution in [2.45, 2.75) is 30.7 Å². The number of anilines is 1. The maximum Gasteiger partial charge on any atom is 0.244 e. The Hall–Kier alpha value is -3.28. The van der Waals surface area contributed by atoms with Crippen LogP contribution in [0.4, 0.5) is 5.69 Å². The molecule has 35 heavy (non-hydrogen) atoms. The Morgan fingerprint density at radius 3 is 2.46 bits per heavy atom. The fraction of sp³-hybridized carbons (Fsp3) is 0.375. The SMILES string of the molecule is COCCNC(=O)Cc1nc2ccccc2n1CC(=O)Nc1ccc(S(=O)(=O)N2CCCC2)cc1. The van der Waals surface area contributed by atoms with Crippen LogP contribution in [-0.2, 0) is 37.3 Å². The van der Waals surface area contributed by atoms with Gasteiger partial charge in [0.05, 0.1) is 29.0 Å². The van der Waals surface area contributed by atoms with Crippen LogP contribution in [0.15, 0.2) is 53.4 Å². The number of amides is 2. The molecule has 0 unspecified atom stereocenters. The number of fused-ring (bicyclic) bond motifs is 1. The van der Waals surface area contributed by atoms with E-state index in [2.05, 4.69) is 15.6 Å². The Morgan fingerprint density at radius 1 is 1.03 bits per heavy atom. The van der Waals surface area contributed by atoms with Crippen LogP contribution in [0.25, 0.3) is 11.0 Å². The monoisotopic (exact) mass is 499 g/mol. The Labute approximate surface area is 204 Å². The molecule has 1 saturated heterocycles. The first-order chi connectivity index (χ1) is 16.9. The number of benzene rings is 2. The molecule has 0 bridgehead atoms. The summed E-state index contributed by atoms with van der Waals surface area (Å²) in [4.78, 5) is 29.9. The second-order valence-corrected chi connectivity index (χ2v) is 10.2. The van der Waals surface area contributed by atoms with E-state index in [1.165, 1.54) is 16.4 Å². The molecule has 2 amide bonds. The predicted octanol–water partition coefficient (Wildman–Crippen LogP) is 1.76. The molecule has 1 aromatic heterocycles. The maximum atomic E-state index is 12.9. The highest BCUT2D eigenvalue weighted by Gasteiger charge is 2.27. The Bertz CT molecular complexity index is 1300. The number of hydrogen-bond donors (Lipinski definition) is 2. The van der Waals surface area contributed by atoms with Crippen molar-refractivity contribution < 1.29 is 22.7 Å². The standard InChI is InChI=1S/C24H29N5O5S/c1-34-15-12-25-23(30)16-22-27-20-6-2-3-7-21(20)29(22)17-24(31)26-18-8-10-19(11-9-18)35(32,33)28-13-4-5-14-28/h2-3,6-11H,4-5,12-17H2,1H3,(H,25,30)(H,26,31). The Balaban J connectivity index is 1.46. The molecule has 2 aromatic carbocycles. The van der Waals surface area contributed by atoms with E-state index >= 15 is 0 Å². The highest BCUT2D eigenvalue weighted by atomic mass is 32.2. The van der Waals surface area contributed by atoms with Gasteiger partial charge < -0.3 is 19.9 Å². The van der Waals surface area contributed by atoms with Crippen LogP contribution < -0.4 is 10.6 Å². The minimum absolute atomic E-state index is 0.0226. The summed E-state index contributed by atoms with van der Waals surface area (Å²) in [5.74, 6) is -0.0542. The van der Waals surface area contributed by atoms with Gasteiger partial charge in [-0.1, -0.05) is 12.1 Å². The molecule has 1 aliphatic heterocycles. The lowest BCUT2D eigenvalue weighted by atomic mass is 10.3. The molecule has 2 N–H and O–H groups in total. The summed E-state index contributed by atoms with van der Waals surface area (Å²) >= 11 is 0. The van der Waals surface area contributed by atoms with E-state index in [9.17, 15) is 18.0 Å². The first-order valence-corrected chi connectivity index (χ1v) is 12.9. The molecule has 3 aromatic rings. The summed E-state index contributed by atoms with van der Waals surface area (Å²) in [7, 11) is -1.95. The van der Waals surface area contributed by atoms with Crippen molar-refractivity contribution in [2.24, 2.45) is 0 Å². The van der Waals surface area contributed by atoms with E-state index in [1.54, 1.807) is 23.8 Å². The van der Waals surface area contributed by atoms with Gasteiger partial charge in [0.1, 0.15) is 12.4 Å². The number of aromatic nitrogens is 2. The number of ether oxygens (including phenoxy) is 1. The van der Waals surface area contributed by atoms with Gasteiger partial charge in [0.2, 0.25) is 21.8 Å². The number of para-hydroxylation sites is 2. The Kier molecular flexibility index (Phi) is 7.79. The summed E-state index contributed by atoms with van der Waals surface area (Å²) in [5, 5.41) is 5.57. The smallest absolute Gasteiger partial charge is 0.244 e. The van der Waals surface area contributed by atoms with Crippen molar-refractivity contribution >= 4 is 38.6 Å². The van der Waals surface area contributed by atoms with E-state index in [1.807, 2.05) is 24.3 Å². The fourth-order valence-electron chi connectivity index (χ4n) is 4.07. The van der Waals surface area contributed by atoms with E-state index in [0.29, 0.717) is 43.3 Å². The van der Waals surface area contributed by atoms with Crippen LogP contribution in [0.2, 0.25) is 0 Å². The lowest BCUT2D eigenvalue weighted by Gasteiger charge is -2.16. The average Bonchev–Trinajstić information content (AvgIpc) is 3.49. The normalized spacial score (nSPS) is 14.3. The summed E-state index contributed by atoms with van der Waals surface area (Å²) in [6.45, 7) is 1.82. The molecule has 1 fully saturated rings. The molecule has 0 aliphatic carbocycles. The van der Waals surface area contributed by atoms with Gasteiger partial charge in [0.25, 0.3) is 0 Å². The first kappa shape index (κ1) is 24.8. The van der Waals surface area contributed by atoms with Crippen molar-refractivity contribution in [1.82, 2.24) is 19.2 Å². The summed E-state index contributed by atoms with van der Waals surface area (Å²) in [6.07, 6.45) is 1.76. The molecule has 1 aliphatic rings. The van der Waals surface area contributed by atoms with Gasteiger partial charge in [-0.25, -0.2) is 13.4 Å². The van der Waals surface area contributed by atoms with Crippen LogP contribution in [-0.4, -0.2) is 67.4 Å². The number of hydrogen-bond acceptors (Lipinski definition) is 6. The van der Waals surface area contributed by atoms with Crippen molar-refractivity contribution in [1.29, 1.82) is 0 Å². The number of imidazole rings is 1. The zero-order chi connectivity index (χ0) is 24.8. The summed E-state index contributed by atoms with van der Waals surface area (Å²) < 4.78 is 33.6. The second kappa shape index (κ2) is 11.0. The number of rotatable bonds is 10. The van der Waals surface area contributed by atoms with Crippen LogP contribution in [0.5, 0.6) is 0 Å². The van der Waals surface area contributed by atoms with Gasteiger partial charge in [-0.15, -0.1) is 0 Å². The molecule has 4 rings (SSSR count). The molecule has 0 radical (unpaired) electrons. The van der Waals surface area contributed by atoms with Crippen molar-refractivity contribution in [3.63, 3.8) is 0 Å². The summed E-state index contributed by atoms with van der Waals surface area (Å²) in [5.41, 5.74) is 1.92. The van der Waals surface area contributed by atoms with Crippen LogP contribution in [0.1, 0.15) is 18.7 Å².